The summed E-state index contributed by atoms with van der Waals surface area (Å²) in [5, 5.41) is 13.7. The standard InChI is InChI=1S/C29H20F2N8OS/c1-15(16-2-5-21(30)22(31)9-16)39-14-38-26-18(10-32)11-34-28(25(26)29(39)40)35-12-19-4-7-24(41-19)17-3-6-23-20(8-17)27(33)37-13-36-23/h2-9,11,13-15H,12H2,1H3,(H,34,35)(H2,33,36,37)/t15-/m0/s1. The number of aromatic nitrogens is 5. The monoisotopic (exact) mass is 566 g/mol. The number of halogens is 2. The second-order valence-electron chi connectivity index (χ2n) is 9.27. The molecule has 41 heavy (non-hydrogen) atoms. The van der Waals surface area contributed by atoms with Crippen LogP contribution in [0.4, 0.5) is 20.4 Å². The Hall–Kier alpha value is -5.28. The van der Waals surface area contributed by atoms with Crippen LogP contribution in [0.3, 0.4) is 0 Å². The van der Waals surface area contributed by atoms with E-state index in [0.717, 1.165) is 38.4 Å². The maximum absolute atomic E-state index is 13.9. The van der Waals surface area contributed by atoms with E-state index in [1.807, 2.05) is 36.4 Å². The lowest BCUT2D eigenvalue weighted by Gasteiger charge is -2.17. The zero-order chi connectivity index (χ0) is 28.7. The van der Waals surface area contributed by atoms with E-state index < -0.39 is 23.2 Å². The number of fused-ring (bicyclic) bond motifs is 2. The van der Waals surface area contributed by atoms with Gasteiger partial charge in [0.2, 0.25) is 0 Å². The summed E-state index contributed by atoms with van der Waals surface area (Å²) in [6.07, 6.45) is 4.09. The molecule has 0 aliphatic heterocycles. The second-order valence-corrected chi connectivity index (χ2v) is 10.4. The van der Waals surface area contributed by atoms with Crippen molar-refractivity contribution in [3.8, 4) is 16.5 Å². The third-order valence-electron chi connectivity index (χ3n) is 6.82. The molecule has 0 bridgehead atoms. The number of nitriles is 1. The zero-order valence-electron chi connectivity index (χ0n) is 21.5. The summed E-state index contributed by atoms with van der Waals surface area (Å²) < 4.78 is 28.7. The van der Waals surface area contributed by atoms with Crippen molar-refractivity contribution in [3.05, 3.63) is 105 Å². The molecule has 0 saturated carbocycles. The van der Waals surface area contributed by atoms with Crippen molar-refractivity contribution in [2.45, 2.75) is 19.5 Å². The molecule has 0 fully saturated rings. The fraction of sp³-hybridized carbons (Fsp3) is 0.103. The number of hydrogen-bond acceptors (Lipinski definition) is 9. The van der Waals surface area contributed by atoms with Gasteiger partial charge in [0, 0.05) is 21.3 Å². The van der Waals surface area contributed by atoms with Crippen LogP contribution in [0.2, 0.25) is 0 Å². The molecule has 0 saturated heterocycles. The number of pyridine rings is 1. The number of benzene rings is 2. The molecule has 202 valence electrons. The lowest BCUT2D eigenvalue weighted by molar-refractivity contribution is 0.502. The van der Waals surface area contributed by atoms with Gasteiger partial charge in [-0.1, -0.05) is 12.1 Å². The number of anilines is 2. The van der Waals surface area contributed by atoms with Crippen LogP contribution < -0.4 is 16.6 Å². The van der Waals surface area contributed by atoms with E-state index in [9.17, 15) is 18.8 Å². The smallest absolute Gasteiger partial charge is 0.265 e. The van der Waals surface area contributed by atoms with Gasteiger partial charge in [-0.15, -0.1) is 11.3 Å². The molecule has 6 aromatic rings. The first-order valence-corrected chi connectivity index (χ1v) is 13.2. The summed E-state index contributed by atoms with van der Waals surface area (Å²) in [5.74, 6) is -1.32. The fourth-order valence-electron chi connectivity index (χ4n) is 4.59. The minimum absolute atomic E-state index is 0.128. The van der Waals surface area contributed by atoms with Gasteiger partial charge >= 0.3 is 0 Å². The van der Waals surface area contributed by atoms with Gasteiger partial charge in [-0.25, -0.2) is 28.7 Å². The number of nitrogen functional groups attached to an aromatic ring is 1. The number of nitrogens with one attached hydrogen (secondary N) is 1. The van der Waals surface area contributed by atoms with E-state index in [2.05, 4.69) is 25.3 Å². The van der Waals surface area contributed by atoms with Crippen LogP contribution in [0, 0.1) is 23.0 Å². The molecule has 3 N–H and O–H groups in total. The second kappa shape index (κ2) is 10.4. The van der Waals surface area contributed by atoms with Crippen molar-refractivity contribution in [2.75, 3.05) is 11.1 Å². The van der Waals surface area contributed by atoms with Crippen LogP contribution in [-0.2, 0) is 6.54 Å². The SMILES string of the molecule is C[C@@H](c1ccc(F)c(F)c1)n1cnc2c(C#N)cnc(NCc3ccc(-c4ccc5ncnc(N)c5c4)s3)c2c1=O. The van der Waals surface area contributed by atoms with Gasteiger partial charge in [-0.2, -0.15) is 5.26 Å². The Kier molecular flexibility index (Phi) is 6.56. The fourth-order valence-corrected chi connectivity index (χ4v) is 5.54. The average Bonchev–Trinajstić information content (AvgIpc) is 3.46. The summed E-state index contributed by atoms with van der Waals surface area (Å²) >= 11 is 1.56. The van der Waals surface area contributed by atoms with Crippen molar-refractivity contribution < 1.29 is 8.78 Å². The number of nitrogens with zero attached hydrogens (tertiary/aromatic N) is 6. The minimum Gasteiger partial charge on any atom is -0.383 e. The van der Waals surface area contributed by atoms with Crippen LogP contribution in [0.1, 0.15) is 29.0 Å². The number of thiophene rings is 1. The van der Waals surface area contributed by atoms with Crippen LogP contribution >= 0.6 is 11.3 Å². The van der Waals surface area contributed by atoms with Crippen molar-refractivity contribution in [1.29, 1.82) is 5.26 Å². The van der Waals surface area contributed by atoms with Crippen LogP contribution in [-0.4, -0.2) is 24.5 Å². The topological polar surface area (TPSA) is 135 Å². The molecule has 12 heteroatoms. The molecule has 1 atom stereocenters. The molecule has 0 radical (unpaired) electrons. The van der Waals surface area contributed by atoms with Crippen molar-refractivity contribution in [1.82, 2.24) is 24.5 Å². The lowest BCUT2D eigenvalue weighted by Crippen LogP contribution is -2.26. The predicted octanol–water partition coefficient (Wildman–Crippen LogP) is 5.42. The molecular weight excluding hydrogens is 546 g/mol. The Morgan fingerprint density at radius 3 is 2.73 bits per heavy atom. The van der Waals surface area contributed by atoms with E-state index in [1.54, 1.807) is 18.3 Å². The average molecular weight is 567 g/mol. The first-order valence-electron chi connectivity index (χ1n) is 12.4. The predicted molar refractivity (Wildman–Crippen MR) is 153 cm³/mol. The number of nitrogens with two attached hydrogens (primary N) is 1. The first kappa shape index (κ1) is 26.0. The zero-order valence-corrected chi connectivity index (χ0v) is 22.3. The molecule has 4 heterocycles. The summed E-state index contributed by atoms with van der Waals surface area (Å²) in [5.41, 5.74) is 8.02. The highest BCUT2D eigenvalue weighted by atomic mass is 32.1. The van der Waals surface area contributed by atoms with Crippen molar-refractivity contribution >= 4 is 44.8 Å². The van der Waals surface area contributed by atoms with Gasteiger partial charge in [-0.3, -0.25) is 9.36 Å². The van der Waals surface area contributed by atoms with E-state index in [1.165, 1.54) is 29.5 Å². The molecule has 0 spiro atoms. The summed E-state index contributed by atoms with van der Waals surface area (Å²) in [7, 11) is 0. The summed E-state index contributed by atoms with van der Waals surface area (Å²) in [6, 6.07) is 14.6. The summed E-state index contributed by atoms with van der Waals surface area (Å²) in [6.45, 7) is 2.03. The third kappa shape index (κ3) is 4.72. The van der Waals surface area contributed by atoms with Gasteiger partial charge in [0.05, 0.1) is 30.0 Å². The Balaban J connectivity index is 1.32. The molecule has 0 amide bonds. The van der Waals surface area contributed by atoms with Crippen LogP contribution in [0.5, 0.6) is 0 Å². The third-order valence-corrected chi connectivity index (χ3v) is 7.95. The van der Waals surface area contributed by atoms with Crippen LogP contribution in [0.15, 0.2) is 72.2 Å². The highest BCUT2D eigenvalue weighted by Gasteiger charge is 2.19. The van der Waals surface area contributed by atoms with Gasteiger partial charge in [0.15, 0.2) is 11.6 Å². The Labute approximate surface area is 235 Å². The van der Waals surface area contributed by atoms with Gasteiger partial charge in [0.1, 0.15) is 34.9 Å². The summed E-state index contributed by atoms with van der Waals surface area (Å²) in [4.78, 5) is 32.7. The molecule has 0 aliphatic carbocycles. The largest absolute Gasteiger partial charge is 0.383 e. The van der Waals surface area contributed by atoms with Crippen molar-refractivity contribution in [2.24, 2.45) is 0 Å². The lowest BCUT2D eigenvalue weighted by atomic mass is 10.1. The van der Waals surface area contributed by atoms with E-state index in [-0.39, 0.29) is 22.3 Å². The highest BCUT2D eigenvalue weighted by molar-refractivity contribution is 7.15. The highest BCUT2D eigenvalue weighted by Crippen LogP contribution is 2.32. The van der Waals surface area contributed by atoms with E-state index >= 15 is 0 Å². The Bertz CT molecular complexity index is 2070. The van der Waals surface area contributed by atoms with Crippen LogP contribution in [0.25, 0.3) is 32.2 Å². The molecule has 0 aliphatic rings. The molecule has 0 unspecified atom stereocenters. The maximum Gasteiger partial charge on any atom is 0.265 e. The molecule has 6 rings (SSSR count). The Morgan fingerprint density at radius 2 is 1.93 bits per heavy atom. The van der Waals surface area contributed by atoms with Gasteiger partial charge in [-0.05, 0) is 54.4 Å². The quantitative estimate of drug-likeness (QED) is 0.273. The molecule has 9 nitrogen and oxygen atoms in total. The van der Waals surface area contributed by atoms with E-state index in [0.29, 0.717) is 17.9 Å². The number of hydrogen-bond donors (Lipinski definition) is 2. The first-order chi connectivity index (χ1) is 19.8. The normalized spacial score (nSPS) is 12.0. The Morgan fingerprint density at radius 1 is 1.07 bits per heavy atom. The maximum atomic E-state index is 13.9. The van der Waals surface area contributed by atoms with Gasteiger partial charge in [0.25, 0.3) is 5.56 Å². The van der Waals surface area contributed by atoms with Gasteiger partial charge < -0.3 is 11.1 Å². The van der Waals surface area contributed by atoms with E-state index in [4.69, 9.17) is 5.73 Å². The number of rotatable bonds is 6. The molecule has 2 aromatic carbocycles. The molecule has 4 aromatic heterocycles. The minimum atomic E-state index is -1.01. The van der Waals surface area contributed by atoms with Crippen molar-refractivity contribution in [3.63, 3.8) is 0 Å². The molecular formula is C29H20F2N8OS.